The molecule has 1 aromatic carbocycles. The Morgan fingerprint density at radius 1 is 1.35 bits per heavy atom. The largest absolute Gasteiger partial charge is 1.00 e. The maximum absolute atomic E-state index is 11.3. The molecule has 6 heteroatoms. The fraction of sp³-hybridized carbons (Fsp3) is 0.286. The molecule has 0 aromatic heterocycles. The molecular formula is C14H14NNaO4. The minimum absolute atomic E-state index is 0. The molecule has 1 aliphatic rings. The Hall–Kier alpha value is -1.30. The number of nitrogens with zero attached hydrogens (tertiary/aromatic N) is 1. The van der Waals surface area contributed by atoms with E-state index in [9.17, 15) is 14.7 Å². The standard InChI is InChI=1S/C14H15NO4.Na/c16-13(17)10-15(12-4-2-1-3-5-12)8-6-11-7-9-19-14(11)18;/h1-6H,7-10H2,(H,16,17);/q;+1/p-1. The van der Waals surface area contributed by atoms with Gasteiger partial charge < -0.3 is 19.5 Å². The van der Waals surface area contributed by atoms with E-state index in [1.165, 1.54) is 0 Å². The van der Waals surface area contributed by atoms with Crippen molar-refractivity contribution in [1.29, 1.82) is 0 Å². The number of benzene rings is 1. The summed E-state index contributed by atoms with van der Waals surface area (Å²) in [7, 11) is 0. The molecular weight excluding hydrogens is 269 g/mol. The Bertz CT molecular complexity index is 501. The van der Waals surface area contributed by atoms with Crippen molar-refractivity contribution in [3.8, 4) is 0 Å². The molecule has 0 radical (unpaired) electrons. The summed E-state index contributed by atoms with van der Waals surface area (Å²) in [6.07, 6.45) is 2.29. The first-order chi connectivity index (χ1) is 9.16. The maximum atomic E-state index is 11.3. The number of carbonyl (C=O) groups excluding carboxylic acids is 2. The number of carboxylic acid groups (broad SMARTS) is 1. The molecule has 2 rings (SSSR count). The van der Waals surface area contributed by atoms with Crippen LogP contribution in [-0.4, -0.2) is 31.6 Å². The van der Waals surface area contributed by atoms with Crippen LogP contribution in [0.2, 0.25) is 0 Å². The topological polar surface area (TPSA) is 69.7 Å². The second-order valence-corrected chi connectivity index (χ2v) is 4.20. The van der Waals surface area contributed by atoms with Gasteiger partial charge in [0.05, 0.1) is 19.1 Å². The van der Waals surface area contributed by atoms with Crippen LogP contribution < -0.4 is 39.6 Å². The Morgan fingerprint density at radius 3 is 2.60 bits per heavy atom. The Morgan fingerprint density at radius 2 is 2.05 bits per heavy atom. The number of hydrogen-bond acceptors (Lipinski definition) is 5. The SMILES string of the molecule is O=C([O-])CN(CC=C1CCOC1=O)c1ccccc1.[Na+]. The number of anilines is 1. The molecule has 1 fully saturated rings. The van der Waals surface area contributed by atoms with Gasteiger partial charge in [0, 0.05) is 24.2 Å². The van der Waals surface area contributed by atoms with Crippen molar-refractivity contribution in [2.75, 3.05) is 24.6 Å². The molecule has 0 aliphatic carbocycles. The predicted molar refractivity (Wildman–Crippen MR) is 67.3 cm³/mol. The third kappa shape index (κ3) is 4.67. The van der Waals surface area contributed by atoms with Gasteiger partial charge in [-0.25, -0.2) is 4.79 Å². The Labute approximate surface area is 139 Å². The van der Waals surface area contributed by atoms with Crippen LogP contribution in [0, 0.1) is 0 Å². The number of ether oxygens (including phenoxy) is 1. The van der Waals surface area contributed by atoms with Gasteiger partial charge in [-0.05, 0) is 12.1 Å². The number of carboxylic acids is 1. The number of esters is 1. The molecule has 1 heterocycles. The van der Waals surface area contributed by atoms with E-state index in [1.54, 1.807) is 11.0 Å². The molecule has 0 bridgehead atoms. The number of hydrogen-bond donors (Lipinski definition) is 0. The number of aliphatic carboxylic acids is 1. The van der Waals surface area contributed by atoms with Gasteiger partial charge in [0.2, 0.25) is 0 Å². The van der Waals surface area contributed by atoms with Crippen molar-refractivity contribution >= 4 is 17.6 Å². The zero-order chi connectivity index (χ0) is 13.7. The molecule has 100 valence electrons. The number of carbonyl (C=O) groups is 2. The maximum Gasteiger partial charge on any atom is 1.00 e. The van der Waals surface area contributed by atoms with Gasteiger partial charge in [0.1, 0.15) is 0 Å². The number of para-hydroxylation sites is 1. The van der Waals surface area contributed by atoms with Gasteiger partial charge in [0.25, 0.3) is 0 Å². The van der Waals surface area contributed by atoms with E-state index in [4.69, 9.17) is 4.74 Å². The van der Waals surface area contributed by atoms with Crippen LogP contribution in [0.4, 0.5) is 5.69 Å². The molecule has 5 nitrogen and oxygen atoms in total. The average Bonchev–Trinajstić information content (AvgIpc) is 2.81. The third-order valence-electron chi connectivity index (χ3n) is 2.87. The summed E-state index contributed by atoms with van der Waals surface area (Å²) in [6.45, 7) is 0.516. The van der Waals surface area contributed by atoms with Crippen molar-refractivity contribution in [1.82, 2.24) is 0 Å². The summed E-state index contributed by atoms with van der Waals surface area (Å²) in [6, 6.07) is 9.14. The van der Waals surface area contributed by atoms with E-state index >= 15 is 0 Å². The third-order valence-corrected chi connectivity index (χ3v) is 2.87. The van der Waals surface area contributed by atoms with Crippen molar-refractivity contribution in [2.45, 2.75) is 6.42 Å². The van der Waals surface area contributed by atoms with Crippen molar-refractivity contribution in [3.63, 3.8) is 0 Å². The number of cyclic esters (lactones) is 1. The van der Waals surface area contributed by atoms with Crippen LogP contribution in [0.1, 0.15) is 6.42 Å². The van der Waals surface area contributed by atoms with Crippen molar-refractivity contribution < 1.29 is 49.0 Å². The smallest absolute Gasteiger partial charge is 0.548 e. The van der Waals surface area contributed by atoms with Gasteiger partial charge in [-0.3, -0.25) is 0 Å². The predicted octanol–water partition coefficient (Wildman–Crippen LogP) is -2.88. The molecule has 0 unspecified atom stereocenters. The monoisotopic (exact) mass is 283 g/mol. The summed E-state index contributed by atoms with van der Waals surface area (Å²) >= 11 is 0. The fourth-order valence-electron chi connectivity index (χ4n) is 1.91. The molecule has 20 heavy (non-hydrogen) atoms. The van der Waals surface area contributed by atoms with Crippen molar-refractivity contribution in [3.05, 3.63) is 42.0 Å². The minimum Gasteiger partial charge on any atom is -0.548 e. The van der Waals surface area contributed by atoms with Gasteiger partial charge in [0.15, 0.2) is 0 Å². The van der Waals surface area contributed by atoms with Crippen LogP contribution in [0.15, 0.2) is 42.0 Å². The van der Waals surface area contributed by atoms with E-state index in [1.807, 2.05) is 30.3 Å². The second-order valence-electron chi connectivity index (χ2n) is 4.20. The van der Waals surface area contributed by atoms with Crippen LogP contribution in [0.25, 0.3) is 0 Å². The van der Waals surface area contributed by atoms with Gasteiger partial charge in [-0.2, -0.15) is 0 Å². The minimum atomic E-state index is -1.16. The average molecular weight is 283 g/mol. The normalized spacial score (nSPS) is 15.6. The Kier molecular flexibility index (Phi) is 6.78. The van der Waals surface area contributed by atoms with E-state index in [0.29, 0.717) is 25.1 Å². The van der Waals surface area contributed by atoms with Crippen LogP contribution in [0.5, 0.6) is 0 Å². The molecule has 0 spiro atoms. The second kappa shape index (κ2) is 8.09. The zero-order valence-electron chi connectivity index (χ0n) is 11.4. The van der Waals surface area contributed by atoms with Gasteiger partial charge >= 0.3 is 35.5 Å². The van der Waals surface area contributed by atoms with E-state index in [-0.39, 0.29) is 42.1 Å². The van der Waals surface area contributed by atoms with E-state index < -0.39 is 5.97 Å². The molecule has 1 aliphatic heterocycles. The summed E-state index contributed by atoms with van der Waals surface area (Å²) in [5, 5.41) is 10.8. The molecule has 0 saturated carbocycles. The first kappa shape index (κ1) is 16.8. The Balaban J connectivity index is 0.00000200. The van der Waals surface area contributed by atoms with Crippen LogP contribution in [-0.2, 0) is 14.3 Å². The molecule has 1 aromatic rings. The van der Waals surface area contributed by atoms with Crippen molar-refractivity contribution in [2.24, 2.45) is 0 Å². The molecule has 1 saturated heterocycles. The molecule has 0 atom stereocenters. The quantitative estimate of drug-likeness (QED) is 0.330. The van der Waals surface area contributed by atoms with Crippen LogP contribution in [0.3, 0.4) is 0 Å². The fourth-order valence-corrected chi connectivity index (χ4v) is 1.91. The van der Waals surface area contributed by atoms with Crippen LogP contribution >= 0.6 is 0 Å². The van der Waals surface area contributed by atoms with Gasteiger partial charge in [-0.1, -0.05) is 24.3 Å². The summed E-state index contributed by atoms with van der Waals surface area (Å²) in [5.74, 6) is -1.47. The molecule has 0 amide bonds. The van der Waals surface area contributed by atoms with Gasteiger partial charge in [-0.15, -0.1) is 0 Å². The first-order valence-corrected chi connectivity index (χ1v) is 6.03. The van der Waals surface area contributed by atoms with E-state index in [0.717, 1.165) is 5.69 Å². The summed E-state index contributed by atoms with van der Waals surface area (Å²) in [4.78, 5) is 23.7. The first-order valence-electron chi connectivity index (χ1n) is 6.03. The summed E-state index contributed by atoms with van der Waals surface area (Å²) in [5.41, 5.74) is 1.37. The molecule has 0 N–H and O–H groups in total. The summed E-state index contributed by atoms with van der Waals surface area (Å²) < 4.78 is 4.83. The van der Waals surface area contributed by atoms with E-state index in [2.05, 4.69) is 0 Å². The number of rotatable bonds is 5. The zero-order valence-corrected chi connectivity index (χ0v) is 13.4.